The van der Waals surface area contributed by atoms with E-state index in [-0.39, 0.29) is 28.5 Å². The summed E-state index contributed by atoms with van der Waals surface area (Å²) in [5, 5.41) is 14.4. The molecule has 0 atom stereocenters. The zero-order valence-electron chi connectivity index (χ0n) is 13.9. The average Bonchev–Trinajstić information content (AvgIpc) is 2.63. The van der Waals surface area contributed by atoms with Crippen LogP contribution in [0.2, 0.25) is 0 Å². The Labute approximate surface area is 142 Å². The van der Waals surface area contributed by atoms with Crippen molar-refractivity contribution in [2.45, 2.75) is 51.0 Å². The summed E-state index contributed by atoms with van der Waals surface area (Å²) in [6, 6.07) is 7.07. The van der Waals surface area contributed by atoms with Crippen LogP contribution in [0.5, 0.6) is 0 Å². The molecule has 3 rings (SSSR count). The largest absolute Gasteiger partial charge is 0.366 e. The molecule has 0 spiro atoms. The molecular formula is C18H25N3O3. The second-order valence-corrected chi connectivity index (χ2v) is 6.85. The number of hydrogen-bond acceptors (Lipinski definition) is 4. The number of piperidine rings is 1. The van der Waals surface area contributed by atoms with Gasteiger partial charge < -0.3 is 10.2 Å². The molecule has 130 valence electrons. The van der Waals surface area contributed by atoms with Crippen molar-refractivity contribution in [3.05, 3.63) is 34.4 Å². The number of nitro benzene ring substituents is 1. The molecule has 0 aromatic heterocycles. The predicted octanol–water partition coefficient (Wildman–Crippen LogP) is 3.26. The van der Waals surface area contributed by atoms with E-state index in [4.69, 9.17) is 0 Å². The highest BCUT2D eigenvalue weighted by Gasteiger charge is 2.27. The number of nitro groups is 1. The fourth-order valence-corrected chi connectivity index (χ4v) is 3.83. The Morgan fingerprint density at radius 1 is 1.08 bits per heavy atom. The summed E-state index contributed by atoms with van der Waals surface area (Å²) >= 11 is 0. The molecule has 6 nitrogen and oxygen atoms in total. The second-order valence-electron chi connectivity index (χ2n) is 6.85. The zero-order valence-corrected chi connectivity index (χ0v) is 13.9. The maximum atomic E-state index is 12.3. The van der Waals surface area contributed by atoms with E-state index in [9.17, 15) is 14.9 Å². The Kier molecular flexibility index (Phi) is 5.33. The number of carbonyl (C=O) groups is 1. The van der Waals surface area contributed by atoms with Crippen molar-refractivity contribution in [3.63, 3.8) is 0 Å². The van der Waals surface area contributed by atoms with Gasteiger partial charge in [-0.15, -0.1) is 0 Å². The fraction of sp³-hybridized carbons (Fsp3) is 0.611. The molecule has 2 aliphatic rings. The van der Waals surface area contributed by atoms with E-state index in [2.05, 4.69) is 10.2 Å². The summed E-state index contributed by atoms with van der Waals surface area (Å²) in [6.07, 6.45) is 7.28. The maximum absolute atomic E-state index is 12.3. The van der Waals surface area contributed by atoms with Gasteiger partial charge in [0, 0.05) is 31.1 Å². The van der Waals surface area contributed by atoms with Crippen LogP contribution in [0.4, 0.5) is 11.4 Å². The van der Waals surface area contributed by atoms with Gasteiger partial charge in [0.2, 0.25) is 5.91 Å². The number of para-hydroxylation sites is 2. The van der Waals surface area contributed by atoms with Crippen molar-refractivity contribution in [2.24, 2.45) is 5.92 Å². The molecule has 1 aromatic carbocycles. The number of anilines is 1. The van der Waals surface area contributed by atoms with Crippen LogP contribution >= 0.6 is 0 Å². The van der Waals surface area contributed by atoms with Gasteiger partial charge in [0.15, 0.2) is 0 Å². The fourth-order valence-electron chi connectivity index (χ4n) is 3.83. The van der Waals surface area contributed by atoms with E-state index >= 15 is 0 Å². The molecule has 1 N–H and O–H groups in total. The first-order valence-corrected chi connectivity index (χ1v) is 8.94. The van der Waals surface area contributed by atoms with Crippen LogP contribution in [0, 0.1) is 16.0 Å². The average molecular weight is 331 g/mol. The van der Waals surface area contributed by atoms with Gasteiger partial charge in [-0.25, -0.2) is 0 Å². The molecule has 0 unspecified atom stereocenters. The number of hydrogen-bond donors (Lipinski definition) is 1. The molecule has 6 heteroatoms. The van der Waals surface area contributed by atoms with Gasteiger partial charge in [-0.3, -0.25) is 14.9 Å². The molecule has 2 fully saturated rings. The SMILES string of the molecule is O=C(NC1CCN(c2ccccc2[N+](=O)[O-])CC1)C1CCCCC1. The molecular weight excluding hydrogens is 306 g/mol. The number of rotatable bonds is 4. The number of benzene rings is 1. The minimum absolute atomic E-state index is 0.155. The Hall–Kier alpha value is -2.11. The molecule has 1 saturated heterocycles. The molecule has 1 amide bonds. The van der Waals surface area contributed by atoms with Crippen LogP contribution < -0.4 is 10.2 Å². The van der Waals surface area contributed by atoms with Gasteiger partial charge in [0.25, 0.3) is 5.69 Å². The molecule has 0 radical (unpaired) electrons. The first-order valence-electron chi connectivity index (χ1n) is 8.94. The van der Waals surface area contributed by atoms with Gasteiger partial charge in [-0.2, -0.15) is 0 Å². The first kappa shape index (κ1) is 16.7. The lowest BCUT2D eigenvalue weighted by Gasteiger charge is -2.34. The van der Waals surface area contributed by atoms with Crippen molar-refractivity contribution < 1.29 is 9.72 Å². The number of amides is 1. The minimum Gasteiger partial charge on any atom is -0.366 e. The van der Waals surface area contributed by atoms with Gasteiger partial charge in [0.1, 0.15) is 5.69 Å². The third-order valence-electron chi connectivity index (χ3n) is 5.24. The summed E-state index contributed by atoms with van der Waals surface area (Å²) < 4.78 is 0. The van der Waals surface area contributed by atoms with Crippen molar-refractivity contribution in [1.82, 2.24) is 5.32 Å². The van der Waals surface area contributed by atoms with E-state index in [1.807, 2.05) is 6.07 Å². The Morgan fingerprint density at radius 3 is 2.42 bits per heavy atom. The van der Waals surface area contributed by atoms with Crippen molar-refractivity contribution in [2.75, 3.05) is 18.0 Å². The lowest BCUT2D eigenvalue weighted by Crippen LogP contribution is -2.46. The normalized spacial score (nSPS) is 19.9. The summed E-state index contributed by atoms with van der Waals surface area (Å²) in [6.45, 7) is 1.47. The lowest BCUT2D eigenvalue weighted by atomic mass is 9.88. The van der Waals surface area contributed by atoms with Crippen LogP contribution in [-0.4, -0.2) is 30.0 Å². The number of nitrogens with zero attached hydrogens (tertiary/aromatic N) is 2. The van der Waals surface area contributed by atoms with Gasteiger partial charge in [-0.05, 0) is 31.7 Å². The van der Waals surface area contributed by atoms with Crippen molar-refractivity contribution in [3.8, 4) is 0 Å². The first-order chi connectivity index (χ1) is 11.6. The quantitative estimate of drug-likeness (QED) is 0.679. The highest BCUT2D eigenvalue weighted by molar-refractivity contribution is 5.79. The van der Waals surface area contributed by atoms with E-state index in [0.29, 0.717) is 5.69 Å². The molecule has 1 aliphatic carbocycles. The molecule has 1 aromatic rings. The smallest absolute Gasteiger partial charge is 0.292 e. The monoisotopic (exact) mass is 331 g/mol. The van der Waals surface area contributed by atoms with Crippen LogP contribution in [0.25, 0.3) is 0 Å². The molecule has 1 saturated carbocycles. The van der Waals surface area contributed by atoms with E-state index < -0.39 is 0 Å². The van der Waals surface area contributed by atoms with Crippen LogP contribution in [-0.2, 0) is 4.79 Å². The lowest BCUT2D eigenvalue weighted by molar-refractivity contribution is -0.384. The second kappa shape index (κ2) is 7.64. The van der Waals surface area contributed by atoms with Crippen LogP contribution in [0.3, 0.4) is 0 Å². The third-order valence-corrected chi connectivity index (χ3v) is 5.24. The Morgan fingerprint density at radius 2 is 1.75 bits per heavy atom. The molecule has 1 heterocycles. The van der Waals surface area contributed by atoms with Gasteiger partial charge >= 0.3 is 0 Å². The minimum atomic E-state index is -0.327. The Balaban J connectivity index is 1.54. The summed E-state index contributed by atoms with van der Waals surface area (Å²) in [4.78, 5) is 25.2. The number of carbonyl (C=O) groups excluding carboxylic acids is 1. The van der Waals surface area contributed by atoms with E-state index in [0.717, 1.165) is 51.6 Å². The predicted molar refractivity (Wildman–Crippen MR) is 93.0 cm³/mol. The maximum Gasteiger partial charge on any atom is 0.292 e. The van der Waals surface area contributed by atoms with E-state index in [1.165, 1.54) is 6.42 Å². The van der Waals surface area contributed by atoms with Crippen LogP contribution in [0.1, 0.15) is 44.9 Å². The van der Waals surface area contributed by atoms with Gasteiger partial charge in [-0.1, -0.05) is 31.4 Å². The topological polar surface area (TPSA) is 75.5 Å². The van der Waals surface area contributed by atoms with E-state index in [1.54, 1.807) is 18.2 Å². The highest BCUT2D eigenvalue weighted by atomic mass is 16.6. The standard InChI is InChI=1S/C18H25N3O3/c22-18(14-6-2-1-3-7-14)19-15-10-12-20(13-11-15)16-8-4-5-9-17(16)21(23)24/h4-5,8-9,14-15H,1-3,6-7,10-13H2,(H,19,22). The molecule has 0 bridgehead atoms. The molecule has 1 aliphatic heterocycles. The summed E-state index contributed by atoms with van der Waals surface area (Å²) in [5.74, 6) is 0.394. The van der Waals surface area contributed by atoms with Gasteiger partial charge in [0.05, 0.1) is 4.92 Å². The number of nitrogens with one attached hydrogen (secondary N) is 1. The summed E-state index contributed by atoms with van der Waals surface area (Å²) in [5.41, 5.74) is 0.835. The third kappa shape index (κ3) is 3.86. The van der Waals surface area contributed by atoms with Crippen molar-refractivity contribution >= 4 is 17.3 Å². The molecule has 24 heavy (non-hydrogen) atoms. The summed E-state index contributed by atoms with van der Waals surface area (Å²) in [7, 11) is 0. The van der Waals surface area contributed by atoms with Crippen molar-refractivity contribution in [1.29, 1.82) is 0 Å². The van der Waals surface area contributed by atoms with Crippen LogP contribution in [0.15, 0.2) is 24.3 Å². The Bertz CT molecular complexity index is 591. The highest BCUT2D eigenvalue weighted by Crippen LogP contribution is 2.30. The zero-order chi connectivity index (χ0) is 16.9.